The van der Waals surface area contributed by atoms with E-state index in [0.29, 0.717) is 0 Å². The fourth-order valence-electron chi connectivity index (χ4n) is 3.07. The lowest BCUT2D eigenvalue weighted by atomic mass is 9.87. The van der Waals surface area contributed by atoms with Crippen LogP contribution in [0, 0.1) is 16.0 Å². The van der Waals surface area contributed by atoms with Gasteiger partial charge in [-0.1, -0.05) is 31.4 Å². The third-order valence-corrected chi connectivity index (χ3v) is 5.47. The molecule has 0 saturated heterocycles. The van der Waals surface area contributed by atoms with Gasteiger partial charge in [-0.15, -0.1) is 0 Å². The normalized spacial score (nSPS) is 16.5. The first-order valence-electron chi connectivity index (χ1n) is 8.03. The van der Waals surface area contributed by atoms with Crippen LogP contribution in [0.15, 0.2) is 29.2 Å². The van der Waals surface area contributed by atoms with Crippen molar-refractivity contribution in [3.8, 4) is 0 Å². The number of rotatable bonds is 5. The smallest absolute Gasteiger partial charge is 0.338 e. The second-order valence-corrected chi connectivity index (χ2v) is 8.17. The fraction of sp³-hybridized carbons (Fsp3) is 0.471. The van der Waals surface area contributed by atoms with Crippen molar-refractivity contribution in [2.45, 2.75) is 37.0 Å². The summed E-state index contributed by atoms with van der Waals surface area (Å²) in [6.45, 7) is 0. The van der Waals surface area contributed by atoms with Gasteiger partial charge in [-0.2, -0.15) is 0 Å². The van der Waals surface area contributed by atoms with Gasteiger partial charge in [-0.3, -0.25) is 10.1 Å². The van der Waals surface area contributed by atoms with Crippen LogP contribution in [0.5, 0.6) is 0 Å². The first-order valence-corrected chi connectivity index (χ1v) is 9.92. The van der Waals surface area contributed by atoms with Crippen LogP contribution in [-0.4, -0.2) is 32.7 Å². The number of nitro groups is 1. The first-order chi connectivity index (χ1) is 11.7. The van der Waals surface area contributed by atoms with Gasteiger partial charge in [0.15, 0.2) is 9.84 Å². The zero-order chi connectivity index (χ0) is 18.6. The minimum Gasteiger partial charge on any atom is -0.465 e. The molecular formula is C17H21NO6S. The van der Waals surface area contributed by atoms with Crippen molar-refractivity contribution < 1.29 is 22.9 Å². The van der Waals surface area contributed by atoms with E-state index >= 15 is 0 Å². The Morgan fingerprint density at radius 3 is 2.44 bits per heavy atom. The van der Waals surface area contributed by atoms with Crippen molar-refractivity contribution in [3.63, 3.8) is 0 Å². The number of sulfone groups is 1. The van der Waals surface area contributed by atoms with Gasteiger partial charge in [0.05, 0.1) is 17.6 Å². The number of allylic oxidation sites excluding steroid dienone is 1. The Kier molecular flexibility index (Phi) is 5.94. The summed E-state index contributed by atoms with van der Waals surface area (Å²) in [7, 11) is -2.50. The third-order valence-electron chi connectivity index (χ3n) is 4.32. The van der Waals surface area contributed by atoms with E-state index in [0.717, 1.165) is 44.4 Å². The van der Waals surface area contributed by atoms with Crippen LogP contribution >= 0.6 is 0 Å². The Bertz CT molecular complexity index is 806. The molecule has 1 aliphatic carbocycles. The molecule has 0 radical (unpaired) electrons. The predicted molar refractivity (Wildman–Crippen MR) is 92.8 cm³/mol. The van der Waals surface area contributed by atoms with Crippen molar-refractivity contribution in [2.75, 3.05) is 13.4 Å². The number of ether oxygens (including phenoxy) is 1. The molecule has 0 aromatic heterocycles. The largest absolute Gasteiger partial charge is 0.465 e. The SMILES string of the molecule is COC(=O)/C(=C/C1CCCCC1)c1ccc(S(C)(=O)=O)c([N+](=O)[O-])c1. The van der Waals surface area contributed by atoms with E-state index in [1.54, 1.807) is 6.08 Å². The molecule has 1 fully saturated rings. The van der Waals surface area contributed by atoms with Gasteiger partial charge >= 0.3 is 5.97 Å². The van der Waals surface area contributed by atoms with Crippen molar-refractivity contribution in [1.82, 2.24) is 0 Å². The van der Waals surface area contributed by atoms with Gasteiger partial charge in [0, 0.05) is 12.3 Å². The average molecular weight is 367 g/mol. The number of nitro benzene ring substituents is 1. The molecule has 136 valence electrons. The lowest BCUT2D eigenvalue weighted by molar-refractivity contribution is -0.387. The number of methoxy groups -OCH3 is 1. The monoisotopic (exact) mass is 367 g/mol. The Hall–Kier alpha value is -2.22. The van der Waals surface area contributed by atoms with E-state index in [-0.39, 0.29) is 21.9 Å². The van der Waals surface area contributed by atoms with Crippen LogP contribution in [0.2, 0.25) is 0 Å². The molecule has 0 heterocycles. The van der Waals surface area contributed by atoms with Gasteiger partial charge in [-0.25, -0.2) is 13.2 Å². The Morgan fingerprint density at radius 1 is 1.28 bits per heavy atom. The van der Waals surface area contributed by atoms with E-state index < -0.39 is 26.4 Å². The van der Waals surface area contributed by atoms with E-state index in [1.807, 2.05) is 0 Å². The second kappa shape index (κ2) is 7.77. The maximum atomic E-state index is 12.2. The number of carbonyl (C=O) groups excluding carboxylic acids is 1. The highest BCUT2D eigenvalue weighted by Crippen LogP contribution is 2.32. The minimum atomic E-state index is -3.75. The van der Waals surface area contributed by atoms with Crippen LogP contribution in [0.25, 0.3) is 5.57 Å². The molecule has 25 heavy (non-hydrogen) atoms. The number of esters is 1. The number of hydrogen-bond acceptors (Lipinski definition) is 6. The molecule has 1 aromatic carbocycles. The van der Waals surface area contributed by atoms with Gasteiger partial charge in [0.25, 0.3) is 5.69 Å². The maximum Gasteiger partial charge on any atom is 0.338 e. The van der Waals surface area contributed by atoms with Crippen LogP contribution < -0.4 is 0 Å². The van der Waals surface area contributed by atoms with Crippen molar-refractivity contribution in [3.05, 3.63) is 40.0 Å². The number of hydrogen-bond donors (Lipinski definition) is 0. The summed E-state index contributed by atoms with van der Waals surface area (Å²) in [5.41, 5.74) is -0.0208. The highest BCUT2D eigenvalue weighted by Gasteiger charge is 2.25. The van der Waals surface area contributed by atoms with E-state index in [9.17, 15) is 23.3 Å². The maximum absolute atomic E-state index is 12.2. The predicted octanol–water partition coefficient (Wildman–Crippen LogP) is 3.14. The van der Waals surface area contributed by atoms with Crippen LogP contribution in [0.3, 0.4) is 0 Å². The molecule has 0 unspecified atom stereocenters. The standard InChI is InChI=1S/C17H21NO6S/c1-24-17(19)14(10-12-6-4-3-5-7-12)13-8-9-16(25(2,22)23)15(11-13)18(20)21/h8-12H,3-7H2,1-2H3/b14-10+. The molecular weight excluding hydrogens is 346 g/mol. The molecule has 0 amide bonds. The highest BCUT2D eigenvalue weighted by molar-refractivity contribution is 7.90. The number of carbonyl (C=O) groups is 1. The molecule has 1 saturated carbocycles. The highest BCUT2D eigenvalue weighted by atomic mass is 32.2. The topological polar surface area (TPSA) is 104 Å². The number of benzene rings is 1. The van der Waals surface area contributed by atoms with Crippen molar-refractivity contribution in [2.24, 2.45) is 5.92 Å². The zero-order valence-electron chi connectivity index (χ0n) is 14.2. The summed E-state index contributed by atoms with van der Waals surface area (Å²) in [5, 5.41) is 11.3. The van der Waals surface area contributed by atoms with E-state index in [1.165, 1.54) is 19.2 Å². The summed E-state index contributed by atoms with van der Waals surface area (Å²) in [6, 6.07) is 3.71. The van der Waals surface area contributed by atoms with Crippen LogP contribution in [-0.2, 0) is 19.4 Å². The average Bonchev–Trinajstić information content (AvgIpc) is 2.58. The first kappa shape index (κ1) is 19.1. The molecule has 1 aromatic rings. The molecule has 8 heteroatoms. The summed E-state index contributed by atoms with van der Waals surface area (Å²) in [5.74, 6) is -0.386. The van der Waals surface area contributed by atoms with Gasteiger partial charge in [-0.05, 0) is 30.4 Å². The molecule has 0 spiro atoms. The lowest BCUT2D eigenvalue weighted by Gasteiger charge is -2.19. The fourth-order valence-corrected chi connectivity index (χ4v) is 3.90. The molecule has 0 atom stereocenters. The Labute approximate surface area is 146 Å². The second-order valence-electron chi connectivity index (χ2n) is 6.18. The summed E-state index contributed by atoms with van der Waals surface area (Å²) < 4.78 is 28.3. The molecule has 2 rings (SSSR count). The molecule has 0 bridgehead atoms. The van der Waals surface area contributed by atoms with E-state index in [2.05, 4.69) is 0 Å². The van der Waals surface area contributed by atoms with Crippen molar-refractivity contribution in [1.29, 1.82) is 0 Å². The minimum absolute atomic E-state index is 0.205. The quantitative estimate of drug-likeness (QED) is 0.343. The van der Waals surface area contributed by atoms with Gasteiger partial charge in [0.1, 0.15) is 4.90 Å². The summed E-state index contributed by atoms with van der Waals surface area (Å²) in [4.78, 5) is 22.3. The van der Waals surface area contributed by atoms with Gasteiger partial charge in [0.2, 0.25) is 0 Å². The van der Waals surface area contributed by atoms with Crippen molar-refractivity contribution >= 4 is 27.1 Å². The van der Waals surface area contributed by atoms with Gasteiger partial charge < -0.3 is 4.74 Å². The summed E-state index contributed by atoms with van der Waals surface area (Å²) in [6.07, 6.45) is 7.91. The molecule has 0 N–H and O–H groups in total. The lowest BCUT2D eigenvalue weighted by Crippen LogP contribution is -2.10. The summed E-state index contributed by atoms with van der Waals surface area (Å²) >= 11 is 0. The zero-order valence-corrected chi connectivity index (χ0v) is 15.0. The Balaban J connectivity index is 2.54. The number of nitrogens with zero attached hydrogens (tertiary/aromatic N) is 1. The van der Waals surface area contributed by atoms with Crippen LogP contribution in [0.4, 0.5) is 5.69 Å². The third kappa shape index (κ3) is 4.66. The Morgan fingerprint density at radius 2 is 1.92 bits per heavy atom. The molecule has 7 nitrogen and oxygen atoms in total. The van der Waals surface area contributed by atoms with Crippen LogP contribution in [0.1, 0.15) is 37.7 Å². The molecule has 1 aliphatic rings. The molecule has 0 aliphatic heterocycles. The van der Waals surface area contributed by atoms with E-state index in [4.69, 9.17) is 4.74 Å².